The minimum absolute atomic E-state index is 0.306. The predicted molar refractivity (Wildman–Crippen MR) is 90.2 cm³/mol. The van der Waals surface area contributed by atoms with Crippen molar-refractivity contribution in [1.29, 1.82) is 0 Å². The zero-order chi connectivity index (χ0) is 15.5. The maximum absolute atomic E-state index is 11.6. The van der Waals surface area contributed by atoms with E-state index in [1.165, 1.54) is 11.3 Å². The third kappa shape index (κ3) is 3.61. The number of likely N-dealkylation sites (tertiary alicyclic amines) is 1. The average Bonchev–Trinajstić information content (AvgIpc) is 2.52. The number of benzene rings is 1. The Kier molecular flexibility index (Phi) is 4.67. The molecule has 2 aliphatic rings. The van der Waals surface area contributed by atoms with E-state index in [1.807, 2.05) is 11.9 Å². The molecule has 0 saturated carbocycles. The number of piperidine rings is 1. The van der Waals surface area contributed by atoms with E-state index in [4.69, 9.17) is 0 Å². The van der Waals surface area contributed by atoms with Gasteiger partial charge < -0.3 is 9.80 Å². The number of nitrogens with zero attached hydrogens (tertiary/aromatic N) is 3. The Morgan fingerprint density at radius 3 is 2.64 bits per heavy atom. The molecule has 1 aromatic carbocycles. The van der Waals surface area contributed by atoms with E-state index in [9.17, 15) is 4.79 Å². The first-order valence-corrected chi connectivity index (χ1v) is 8.40. The summed E-state index contributed by atoms with van der Waals surface area (Å²) >= 11 is 0. The fraction of sp³-hybridized carbons (Fsp3) is 0.611. The molecule has 4 nitrogen and oxygen atoms in total. The average molecular weight is 301 g/mol. The summed E-state index contributed by atoms with van der Waals surface area (Å²) in [6.45, 7) is 8.68. The van der Waals surface area contributed by atoms with Gasteiger partial charge in [-0.1, -0.05) is 12.1 Å². The summed E-state index contributed by atoms with van der Waals surface area (Å²) in [5.41, 5.74) is 2.68. The van der Waals surface area contributed by atoms with Crippen LogP contribution in [0.25, 0.3) is 0 Å². The highest BCUT2D eigenvalue weighted by Gasteiger charge is 2.26. The van der Waals surface area contributed by atoms with Gasteiger partial charge >= 0.3 is 0 Å². The fourth-order valence-corrected chi connectivity index (χ4v) is 3.63. The number of rotatable bonds is 3. The first-order chi connectivity index (χ1) is 10.6. The van der Waals surface area contributed by atoms with Gasteiger partial charge in [-0.25, -0.2) is 0 Å². The third-order valence-electron chi connectivity index (χ3n) is 4.98. The van der Waals surface area contributed by atoms with E-state index in [2.05, 4.69) is 41.0 Å². The van der Waals surface area contributed by atoms with E-state index in [0.29, 0.717) is 11.8 Å². The Hall–Kier alpha value is -1.55. The summed E-state index contributed by atoms with van der Waals surface area (Å²) in [6.07, 6.45) is 1.78. The predicted octanol–water partition coefficient (Wildman–Crippen LogP) is 1.99. The van der Waals surface area contributed by atoms with Gasteiger partial charge in [-0.2, -0.15) is 0 Å². The van der Waals surface area contributed by atoms with Crippen LogP contribution in [0.2, 0.25) is 0 Å². The first kappa shape index (κ1) is 15.3. The number of carbonyl (C=O) groups is 1. The van der Waals surface area contributed by atoms with Crippen LogP contribution in [-0.4, -0.2) is 62.0 Å². The zero-order valence-electron chi connectivity index (χ0n) is 13.8. The molecule has 2 heterocycles. The Morgan fingerprint density at radius 1 is 1.18 bits per heavy atom. The van der Waals surface area contributed by atoms with E-state index in [-0.39, 0.29) is 0 Å². The van der Waals surface area contributed by atoms with E-state index in [0.717, 1.165) is 52.1 Å². The number of hydrogen-bond donors (Lipinski definition) is 0. The van der Waals surface area contributed by atoms with Crippen molar-refractivity contribution in [3.8, 4) is 0 Å². The molecular formula is C18H27N3O. The number of carbonyl (C=O) groups excluding carboxylic acids is 1. The molecule has 2 aliphatic heterocycles. The molecule has 0 radical (unpaired) electrons. The van der Waals surface area contributed by atoms with E-state index >= 15 is 0 Å². The molecule has 4 heteroatoms. The Morgan fingerprint density at radius 2 is 1.95 bits per heavy atom. The number of piperazine rings is 1. The zero-order valence-corrected chi connectivity index (χ0v) is 13.8. The van der Waals surface area contributed by atoms with Crippen molar-refractivity contribution in [3.05, 3.63) is 29.8 Å². The second kappa shape index (κ2) is 6.69. The van der Waals surface area contributed by atoms with Crippen molar-refractivity contribution in [1.82, 2.24) is 9.80 Å². The van der Waals surface area contributed by atoms with Crippen LogP contribution in [0.5, 0.6) is 0 Å². The highest BCUT2D eigenvalue weighted by Crippen LogP contribution is 2.21. The molecule has 22 heavy (non-hydrogen) atoms. The molecule has 0 aliphatic carbocycles. The van der Waals surface area contributed by atoms with Crippen molar-refractivity contribution in [2.24, 2.45) is 5.92 Å². The lowest BCUT2D eigenvalue weighted by molar-refractivity contribution is -0.133. The van der Waals surface area contributed by atoms with Gasteiger partial charge in [0.15, 0.2) is 0 Å². The molecular weight excluding hydrogens is 274 g/mol. The lowest BCUT2D eigenvalue weighted by atomic mass is 9.97. The molecule has 120 valence electrons. The maximum Gasteiger partial charge on any atom is 0.222 e. The maximum atomic E-state index is 11.6. The minimum atomic E-state index is 0.306. The molecule has 0 bridgehead atoms. The third-order valence-corrected chi connectivity index (χ3v) is 4.98. The molecule has 2 saturated heterocycles. The summed E-state index contributed by atoms with van der Waals surface area (Å²) < 4.78 is 0. The molecule has 1 atom stereocenters. The number of aryl methyl sites for hydroxylation is 1. The summed E-state index contributed by atoms with van der Waals surface area (Å²) in [7, 11) is 1.93. The second-order valence-corrected chi connectivity index (χ2v) is 6.81. The van der Waals surface area contributed by atoms with Crippen LogP contribution in [0, 0.1) is 12.8 Å². The van der Waals surface area contributed by atoms with Crippen molar-refractivity contribution < 1.29 is 4.79 Å². The summed E-state index contributed by atoms with van der Waals surface area (Å²) in [5.74, 6) is 0.953. The van der Waals surface area contributed by atoms with Gasteiger partial charge in [-0.05, 0) is 37.0 Å². The molecule has 0 spiro atoms. The first-order valence-electron chi connectivity index (χ1n) is 8.40. The largest absolute Gasteiger partial charge is 0.369 e. The Bertz CT molecular complexity index is 523. The van der Waals surface area contributed by atoms with Gasteiger partial charge in [0, 0.05) is 58.4 Å². The van der Waals surface area contributed by atoms with Gasteiger partial charge in [-0.15, -0.1) is 0 Å². The molecule has 0 N–H and O–H groups in total. The standard InChI is InChI=1S/C18H27N3O/c1-15-4-3-5-17(12-15)21-10-8-20(9-11-21)14-16-6-7-18(22)19(2)13-16/h3-5,12,16H,6-11,13-14H2,1-2H3. The summed E-state index contributed by atoms with van der Waals surface area (Å²) in [6, 6.07) is 8.79. The molecule has 3 rings (SSSR count). The monoisotopic (exact) mass is 301 g/mol. The summed E-state index contributed by atoms with van der Waals surface area (Å²) in [4.78, 5) is 18.5. The van der Waals surface area contributed by atoms with Crippen molar-refractivity contribution in [2.45, 2.75) is 19.8 Å². The minimum Gasteiger partial charge on any atom is -0.369 e. The van der Waals surface area contributed by atoms with Crippen LogP contribution in [-0.2, 0) is 4.79 Å². The van der Waals surface area contributed by atoms with Crippen LogP contribution < -0.4 is 4.90 Å². The van der Waals surface area contributed by atoms with Crippen LogP contribution in [0.4, 0.5) is 5.69 Å². The lowest BCUT2D eigenvalue weighted by Crippen LogP contribution is -2.49. The van der Waals surface area contributed by atoms with Crippen LogP contribution >= 0.6 is 0 Å². The van der Waals surface area contributed by atoms with Gasteiger partial charge in [0.1, 0.15) is 0 Å². The normalized spacial score (nSPS) is 23.9. The molecule has 1 unspecified atom stereocenters. The molecule has 1 amide bonds. The van der Waals surface area contributed by atoms with Gasteiger partial charge in [0.05, 0.1) is 0 Å². The van der Waals surface area contributed by atoms with Crippen molar-refractivity contribution >= 4 is 11.6 Å². The van der Waals surface area contributed by atoms with Crippen molar-refractivity contribution in [3.63, 3.8) is 0 Å². The van der Waals surface area contributed by atoms with Crippen molar-refractivity contribution in [2.75, 3.05) is 51.2 Å². The van der Waals surface area contributed by atoms with E-state index in [1.54, 1.807) is 0 Å². The molecule has 0 aromatic heterocycles. The Balaban J connectivity index is 1.49. The SMILES string of the molecule is Cc1cccc(N2CCN(CC3CCC(=O)N(C)C3)CC2)c1. The number of hydrogen-bond acceptors (Lipinski definition) is 3. The number of amides is 1. The van der Waals surface area contributed by atoms with Crippen LogP contribution in [0.15, 0.2) is 24.3 Å². The molecule has 2 fully saturated rings. The highest BCUT2D eigenvalue weighted by molar-refractivity contribution is 5.76. The van der Waals surface area contributed by atoms with Gasteiger partial charge in [-0.3, -0.25) is 9.69 Å². The quantitative estimate of drug-likeness (QED) is 0.854. The lowest BCUT2D eigenvalue weighted by Gasteiger charge is -2.39. The number of anilines is 1. The topological polar surface area (TPSA) is 26.8 Å². The van der Waals surface area contributed by atoms with E-state index < -0.39 is 0 Å². The van der Waals surface area contributed by atoms with Crippen LogP contribution in [0.3, 0.4) is 0 Å². The van der Waals surface area contributed by atoms with Crippen LogP contribution in [0.1, 0.15) is 18.4 Å². The summed E-state index contributed by atoms with van der Waals surface area (Å²) in [5, 5.41) is 0. The molecule has 1 aromatic rings. The smallest absolute Gasteiger partial charge is 0.222 e. The fourth-order valence-electron chi connectivity index (χ4n) is 3.63. The highest BCUT2D eigenvalue weighted by atomic mass is 16.2. The van der Waals surface area contributed by atoms with Gasteiger partial charge in [0.25, 0.3) is 0 Å². The van der Waals surface area contributed by atoms with Gasteiger partial charge in [0.2, 0.25) is 5.91 Å². The second-order valence-electron chi connectivity index (χ2n) is 6.81. The Labute approximate surface area is 133 Å².